The fourth-order valence-electron chi connectivity index (χ4n) is 5.05. The Balaban J connectivity index is 1.63. The van der Waals surface area contributed by atoms with Crippen molar-refractivity contribution >= 4 is 32.5 Å². The third-order valence-electron chi connectivity index (χ3n) is 7.25. The summed E-state index contributed by atoms with van der Waals surface area (Å²) >= 11 is 1.49. The predicted molar refractivity (Wildman–Crippen MR) is 158 cm³/mol. The Labute approximate surface area is 233 Å². The molecule has 8 heteroatoms. The minimum Gasteiger partial charge on any atom is -0.507 e. The van der Waals surface area contributed by atoms with Crippen LogP contribution in [0.25, 0.3) is 21.5 Å². The van der Waals surface area contributed by atoms with Crippen molar-refractivity contribution < 1.29 is 9.90 Å². The lowest BCUT2D eigenvalue weighted by atomic mass is 9.78. The first kappa shape index (κ1) is 27.1. The average molecular weight is 545 g/mol. The molecule has 0 atom stereocenters. The molecule has 0 aliphatic carbocycles. The first-order valence-electron chi connectivity index (χ1n) is 13.5. The number of hydrogen-bond acceptors (Lipinski definition) is 7. The zero-order valence-electron chi connectivity index (χ0n) is 23.5. The Kier molecular flexibility index (Phi) is 6.87. The highest BCUT2D eigenvalue weighted by Gasteiger charge is 2.29. The number of rotatable bonds is 5. The summed E-state index contributed by atoms with van der Waals surface area (Å²) in [6.45, 7) is 13.7. The molecule has 7 nitrogen and oxygen atoms in total. The van der Waals surface area contributed by atoms with E-state index in [1.165, 1.54) is 16.0 Å². The largest absolute Gasteiger partial charge is 0.507 e. The number of phenolic OH excluding ortho intramolecular Hbond substituents is 1. The zero-order chi connectivity index (χ0) is 28.1. The molecule has 0 bridgehead atoms. The lowest BCUT2D eigenvalue weighted by Crippen LogP contribution is -2.28. The van der Waals surface area contributed by atoms with Crippen LogP contribution in [0.4, 0.5) is 5.13 Å². The molecule has 39 heavy (non-hydrogen) atoms. The Bertz CT molecular complexity index is 1570. The van der Waals surface area contributed by atoms with E-state index in [2.05, 4.69) is 4.90 Å². The lowest BCUT2D eigenvalue weighted by Gasteiger charge is -2.28. The Hall–Kier alpha value is -3.52. The van der Waals surface area contributed by atoms with Gasteiger partial charge in [-0.2, -0.15) is 5.10 Å². The predicted octanol–water partition coefficient (Wildman–Crippen LogP) is 6.30. The van der Waals surface area contributed by atoms with Gasteiger partial charge in [-0.25, -0.2) is 9.67 Å². The monoisotopic (exact) mass is 544 g/mol. The average Bonchev–Trinajstić information content (AvgIpc) is 3.55. The maximum atomic E-state index is 13.7. The summed E-state index contributed by atoms with van der Waals surface area (Å²) in [5.74, 6) is -0.0273. The molecule has 3 heterocycles. The van der Waals surface area contributed by atoms with Crippen molar-refractivity contribution in [2.24, 2.45) is 0 Å². The van der Waals surface area contributed by atoms with Crippen LogP contribution in [0.3, 0.4) is 0 Å². The minimum atomic E-state index is -0.374. The number of Topliss-reactive ketones (excluding diaryl/α,β-unsaturated/α-hetero) is 1. The van der Waals surface area contributed by atoms with Crippen LogP contribution in [0.5, 0.6) is 5.75 Å². The number of anilines is 1. The molecule has 2 aromatic heterocycles. The molecule has 1 N–H and O–H groups in total. The molecule has 204 valence electrons. The van der Waals surface area contributed by atoms with Crippen molar-refractivity contribution in [2.75, 3.05) is 18.0 Å². The van der Waals surface area contributed by atoms with Crippen LogP contribution in [0, 0.1) is 0 Å². The quantitative estimate of drug-likeness (QED) is 0.297. The van der Waals surface area contributed by atoms with Crippen LogP contribution in [0.15, 0.2) is 47.3 Å². The summed E-state index contributed by atoms with van der Waals surface area (Å²) in [5, 5.41) is 16.6. The number of carbonyl (C=O) groups excluding carboxylic acids is 1. The van der Waals surface area contributed by atoms with Crippen molar-refractivity contribution in [3.63, 3.8) is 0 Å². The van der Waals surface area contributed by atoms with Crippen LogP contribution in [-0.4, -0.2) is 38.7 Å². The van der Waals surface area contributed by atoms with E-state index in [1.807, 2.05) is 71.9 Å². The number of benzene rings is 2. The van der Waals surface area contributed by atoms with E-state index in [9.17, 15) is 14.7 Å². The Morgan fingerprint density at radius 2 is 1.56 bits per heavy atom. The normalized spacial score (nSPS) is 14.4. The third-order valence-corrected chi connectivity index (χ3v) is 8.38. The first-order valence-corrected chi connectivity index (χ1v) is 14.3. The smallest absolute Gasteiger partial charge is 0.294 e. The number of phenols is 1. The van der Waals surface area contributed by atoms with E-state index < -0.39 is 0 Å². The number of thiazole rings is 1. The minimum absolute atomic E-state index is 0.214. The highest BCUT2D eigenvalue weighted by atomic mass is 32.1. The summed E-state index contributed by atoms with van der Waals surface area (Å²) in [6, 6.07) is 13.2. The van der Waals surface area contributed by atoms with Crippen LogP contribution < -0.4 is 10.5 Å². The fourth-order valence-corrected chi connectivity index (χ4v) is 6.17. The van der Waals surface area contributed by atoms with E-state index in [0.29, 0.717) is 27.9 Å². The van der Waals surface area contributed by atoms with Gasteiger partial charge in [-0.3, -0.25) is 9.59 Å². The molecule has 0 amide bonds. The van der Waals surface area contributed by atoms with Crippen LogP contribution in [-0.2, 0) is 17.4 Å². The maximum Gasteiger partial charge on any atom is 0.294 e. The van der Waals surface area contributed by atoms with Crippen LogP contribution in [0.2, 0.25) is 0 Å². The molecule has 0 unspecified atom stereocenters. The SMILES string of the molecule is CC(C)(C)c1cc(C(=O)Cn2nc(-c3ccccc3)c3sc(N4CCCC4)nc3c2=O)cc(C(C)(C)C)c1O. The van der Waals surface area contributed by atoms with Gasteiger partial charge in [0.25, 0.3) is 5.56 Å². The van der Waals surface area contributed by atoms with Gasteiger partial charge in [0, 0.05) is 35.3 Å². The second-order valence-electron chi connectivity index (χ2n) is 12.4. The van der Waals surface area contributed by atoms with Gasteiger partial charge >= 0.3 is 0 Å². The second kappa shape index (κ2) is 9.90. The van der Waals surface area contributed by atoms with Crippen molar-refractivity contribution in [2.45, 2.75) is 71.8 Å². The maximum absolute atomic E-state index is 13.7. The van der Waals surface area contributed by atoms with E-state index in [-0.39, 0.29) is 34.5 Å². The topological polar surface area (TPSA) is 88.3 Å². The lowest BCUT2D eigenvalue weighted by molar-refractivity contribution is 0.0966. The molecule has 4 aromatic rings. The van der Waals surface area contributed by atoms with E-state index in [4.69, 9.17) is 10.1 Å². The summed E-state index contributed by atoms with van der Waals surface area (Å²) < 4.78 is 1.99. The first-order chi connectivity index (χ1) is 18.3. The van der Waals surface area contributed by atoms with Gasteiger partial charge in [0.05, 0.1) is 4.70 Å². The van der Waals surface area contributed by atoms with Gasteiger partial charge in [-0.05, 0) is 35.8 Å². The molecule has 1 saturated heterocycles. The van der Waals surface area contributed by atoms with Gasteiger partial charge in [-0.15, -0.1) is 0 Å². The van der Waals surface area contributed by atoms with Crippen molar-refractivity contribution in [3.8, 4) is 17.0 Å². The van der Waals surface area contributed by atoms with Gasteiger partial charge < -0.3 is 10.0 Å². The van der Waals surface area contributed by atoms with Crippen molar-refractivity contribution in [1.82, 2.24) is 14.8 Å². The van der Waals surface area contributed by atoms with Gasteiger partial charge in [0.15, 0.2) is 16.4 Å². The number of hydrogen-bond donors (Lipinski definition) is 1. The molecule has 0 saturated carbocycles. The number of aromatic nitrogens is 3. The van der Waals surface area contributed by atoms with Gasteiger partial charge in [0.1, 0.15) is 18.0 Å². The second-order valence-corrected chi connectivity index (χ2v) is 13.4. The van der Waals surface area contributed by atoms with Crippen molar-refractivity contribution in [1.29, 1.82) is 0 Å². The van der Waals surface area contributed by atoms with Crippen molar-refractivity contribution in [3.05, 3.63) is 69.5 Å². The summed E-state index contributed by atoms with van der Waals surface area (Å²) in [7, 11) is 0. The number of carbonyl (C=O) groups is 1. The molecule has 1 fully saturated rings. The molecule has 0 radical (unpaired) electrons. The molecular formula is C31H36N4O3S. The fraction of sp³-hybridized carbons (Fsp3) is 0.419. The summed E-state index contributed by atoms with van der Waals surface area (Å²) in [5.41, 5.74) is 2.61. The molecule has 0 spiro atoms. The van der Waals surface area contributed by atoms with E-state index in [0.717, 1.165) is 41.3 Å². The summed E-state index contributed by atoms with van der Waals surface area (Å²) in [6.07, 6.45) is 2.22. The van der Waals surface area contributed by atoms with Crippen LogP contribution in [0.1, 0.15) is 75.9 Å². The standard InChI is InChI=1S/C31H36N4O3S/c1-30(2,3)21-16-20(17-22(26(21)37)31(4,5)6)23(36)18-35-28(38)25-27(24(33-35)19-12-8-7-9-13-19)39-29(32-25)34-14-10-11-15-34/h7-9,12-13,16-17,37H,10-11,14-15,18H2,1-6H3. The molecule has 1 aliphatic rings. The number of ketones is 1. The van der Waals surface area contributed by atoms with Gasteiger partial charge in [-0.1, -0.05) is 83.2 Å². The third kappa shape index (κ3) is 5.22. The van der Waals surface area contributed by atoms with E-state index >= 15 is 0 Å². The Morgan fingerprint density at radius 3 is 2.13 bits per heavy atom. The highest BCUT2D eigenvalue weighted by molar-refractivity contribution is 7.22. The van der Waals surface area contributed by atoms with E-state index in [1.54, 1.807) is 12.1 Å². The number of fused-ring (bicyclic) bond motifs is 1. The molecule has 1 aliphatic heterocycles. The zero-order valence-corrected chi connectivity index (χ0v) is 24.4. The Morgan fingerprint density at radius 1 is 0.974 bits per heavy atom. The van der Waals surface area contributed by atoms with Crippen LogP contribution >= 0.6 is 11.3 Å². The van der Waals surface area contributed by atoms with Gasteiger partial charge in [0.2, 0.25) is 0 Å². The highest BCUT2D eigenvalue weighted by Crippen LogP contribution is 2.40. The molecular weight excluding hydrogens is 508 g/mol. The summed E-state index contributed by atoms with van der Waals surface area (Å²) in [4.78, 5) is 34.3. The molecule has 2 aromatic carbocycles. The number of nitrogens with zero attached hydrogens (tertiary/aromatic N) is 4. The number of aromatic hydroxyl groups is 1. The molecule has 5 rings (SSSR count).